The van der Waals surface area contributed by atoms with Gasteiger partial charge in [0.15, 0.2) is 17.6 Å². The number of carbonyl (C=O) groups excluding carboxylic acids is 4. The van der Waals surface area contributed by atoms with Crippen LogP contribution in [0, 0.1) is 11.3 Å². The molecule has 17 nitrogen and oxygen atoms in total. The smallest absolute Gasteiger partial charge is 0.344 e. The highest BCUT2D eigenvalue weighted by atomic mass is 16.6. The van der Waals surface area contributed by atoms with Gasteiger partial charge in [-0.15, -0.1) is 0 Å². The summed E-state index contributed by atoms with van der Waals surface area (Å²) in [4.78, 5) is 68.7. The van der Waals surface area contributed by atoms with Gasteiger partial charge in [-0.05, 0) is 86.4 Å². The molecule has 1 amide bonds. The molecule has 6 heterocycles. The summed E-state index contributed by atoms with van der Waals surface area (Å²) >= 11 is 0. The zero-order valence-corrected chi connectivity index (χ0v) is 43.6. The average molecular weight is 1000 g/mol. The zero-order chi connectivity index (χ0) is 52.0. The summed E-state index contributed by atoms with van der Waals surface area (Å²) in [7, 11) is 10.7. The number of para-hydroxylation sites is 1. The van der Waals surface area contributed by atoms with Gasteiger partial charge in [-0.1, -0.05) is 44.2 Å². The van der Waals surface area contributed by atoms with E-state index in [1.807, 2.05) is 55.3 Å². The molecule has 6 aliphatic rings. The lowest BCUT2D eigenvalue weighted by molar-refractivity contribution is -0.228. The number of carbonyl (C=O) groups is 4. The first-order chi connectivity index (χ1) is 35.0. The Balaban J connectivity index is 1.19. The maximum atomic E-state index is 15.8. The minimum atomic E-state index is -2.35. The molecule has 10 atom stereocenters. The van der Waals surface area contributed by atoms with Crippen LogP contribution in [0.2, 0.25) is 0 Å². The molecule has 1 spiro atoms. The number of methoxy groups -OCH3 is 6. The van der Waals surface area contributed by atoms with E-state index in [9.17, 15) is 19.5 Å². The second-order valence-electron chi connectivity index (χ2n) is 21.1. The summed E-state index contributed by atoms with van der Waals surface area (Å²) in [5.41, 5.74) is -1.59. The first-order valence-corrected chi connectivity index (χ1v) is 25.4. The van der Waals surface area contributed by atoms with Crippen molar-refractivity contribution in [3.05, 3.63) is 88.6 Å². The predicted octanol–water partition coefficient (Wildman–Crippen LogP) is 5.45. The molecule has 73 heavy (non-hydrogen) atoms. The van der Waals surface area contributed by atoms with Gasteiger partial charge in [-0.2, -0.15) is 0 Å². The number of piperidine rings is 1. The standard InChI is InChI=1S/C56H69N5O12/c1-11-52(58-46(63)34-24-42(68-6)44(70-8)43(25-34)69-7)28-33-29-55(50(64)71-9,45-36(18-22-60(30-33)31-52)35-16-13-14-17-39(35)57-45)38-26-37-40(27-41(38)67-5)59(4)48-54(37)20-23-61-21-15-19-53(12-2,47(54)61)49(73-32(3)62)56(48,66)51(65)72-10/h13-17,19,24-27,33,47-49,57,66H,11-12,18,20-23,28-31H2,1-10H3,(H,58,63)/t33-,47+,48-,49-,52+,53-,54-,55+,56+/m1/s1. The number of amides is 1. The molecule has 17 heteroatoms. The van der Waals surface area contributed by atoms with E-state index in [1.165, 1.54) is 42.5 Å². The second-order valence-corrected chi connectivity index (χ2v) is 21.1. The second kappa shape index (κ2) is 18.3. The Labute approximate surface area is 426 Å². The summed E-state index contributed by atoms with van der Waals surface area (Å²) in [5, 5.41) is 18.0. The first kappa shape index (κ1) is 50.2. The largest absolute Gasteiger partial charge is 0.496 e. The van der Waals surface area contributed by atoms with Crippen LogP contribution in [0.3, 0.4) is 0 Å². The molecule has 1 aromatic heterocycles. The van der Waals surface area contributed by atoms with Gasteiger partial charge in [0.2, 0.25) is 11.4 Å². The molecular formula is C56H69N5O12. The summed E-state index contributed by atoms with van der Waals surface area (Å²) < 4.78 is 41.2. The lowest BCUT2D eigenvalue weighted by atomic mass is 9.47. The van der Waals surface area contributed by atoms with Crippen LogP contribution in [0.1, 0.15) is 85.6 Å². The molecule has 10 rings (SSSR count). The molecule has 5 aliphatic heterocycles. The van der Waals surface area contributed by atoms with Crippen LogP contribution in [-0.4, -0.2) is 155 Å². The highest BCUT2D eigenvalue weighted by molar-refractivity contribution is 5.97. The van der Waals surface area contributed by atoms with E-state index in [4.69, 9.17) is 33.2 Å². The average Bonchev–Trinajstić information content (AvgIpc) is 4.07. The highest BCUT2D eigenvalue weighted by Gasteiger charge is 2.80. The fourth-order valence-corrected chi connectivity index (χ4v) is 15.2. The van der Waals surface area contributed by atoms with Gasteiger partial charge >= 0.3 is 17.9 Å². The molecule has 4 aromatic rings. The van der Waals surface area contributed by atoms with Crippen molar-refractivity contribution in [1.29, 1.82) is 0 Å². The number of aromatic nitrogens is 1. The number of rotatable bonds is 12. The highest BCUT2D eigenvalue weighted by Crippen LogP contribution is 2.68. The Hall–Kier alpha value is -6.30. The van der Waals surface area contributed by atoms with Crippen LogP contribution in [0.25, 0.3) is 10.9 Å². The lowest BCUT2D eigenvalue weighted by Gasteiger charge is -2.63. The third kappa shape index (κ3) is 7.03. The first-order valence-electron chi connectivity index (χ1n) is 25.4. The third-order valence-electron chi connectivity index (χ3n) is 17.9. The number of aromatic amines is 1. The topological polar surface area (TPSA) is 191 Å². The van der Waals surface area contributed by atoms with Crippen molar-refractivity contribution >= 4 is 40.4 Å². The van der Waals surface area contributed by atoms with Crippen molar-refractivity contribution in [3.8, 4) is 23.0 Å². The van der Waals surface area contributed by atoms with E-state index in [0.717, 1.165) is 22.0 Å². The van der Waals surface area contributed by atoms with Crippen LogP contribution in [0.5, 0.6) is 23.0 Å². The Morgan fingerprint density at radius 2 is 1.55 bits per heavy atom. The number of esters is 3. The van der Waals surface area contributed by atoms with Gasteiger partial charge in [-0.3, -0.25) is 19.3 Å². The summed E-state index contributed by atoms with van der Waals surface area (Å²) in [6.07, 6.45) is 5.70. The monoisotopic (exact) mass is 1000 g/mol. The van der Waals surface area contributed by atoms with E-state index in [-0.39, 0.29) is 24.3 Å². The number of fused-ring (bicyclic) bond motifs is 6. The Bertz CT molecular complexity index is 2890. The molecule has 2 bridgehead atoms. The van der Waals surface area contributed by atoms with E-state index < -0.39 is 57.4 Å². The van der Waals surface area contributed by atoms with Crippen molar-refractivity contribution in [2.75, 3.05) is 87.3 Å². The van der Waals surface area contributed by atoms with Crippen molar-refractivity contribution in [3.63, 3.8) is 0 Å². The van der Waals surface area contributed by atoms with Crippen LogP contribution < -0.4 is 29.2 Å². The van der Waals surface area contributed by atoms with E-state index >= 15 is 4.79 Å². The quantitative estimate of drug-likeness (QED) is 0.0922. The third-order valence-corrected chi connectivity index (χ3v) is 17.9. The molecule has 0 radical (unpaired) electrons. The number of benzene rings is 3. The van der Waals surface area contributed by atoms with Crippen molar-refractivity contribution in [2.45, 2.75) is 99.5 Å². The summed E-state index contributed by atoms with van der Waals surface area (Å²) in [6, 6.07) is 14.1. The van der Waals surface area contributed by atoms with Crippen molar-refractivity contribution < 1.29 is 57.4 Å². The maximum absolute atomic E-state index is 15.8. The normalized spacial score (nSPS) is 31.9. The Morgan fingerprint density at radius 3 is 2.19 bits per heavy atom. The molecular weight excluding hydrogens is 935 g/mol. The molecule has 3 fully saturated rings. The summed E-state index contributed by atoms with van der Waals surface area (Å²) in [6.45, 7) is 8.48. The Kier molecular flexibility index (Phi) is 12.6. The number of likely N-dealkylation sites (N-methyl/N-ethyl adjacent to an activating group) is 1. The van der Waals surface area contributed by atoms with Gasteiger partial charge in [-0.25, -0.2) is 4.79 Å². The molecule has 2 saturated heterocycles. The molecule has 3 N–H and O–H groups in total. The number of hydrogen-bond acceptors (Lipinski definition) is 15. The van der Waals surface area contributed by atoms with Gasteiger partial charge in [0, 0.05) is 96.5 Å². The van der Waals surface area contributed by atoms with E-state index in [1.54, 1.807) is 19.2 Å². The number of anilines is 1. The van der Waals surface area contributed by atoms with Crippen LogP contribution in [0.15, 0.2) is 60.7 Å². The predicted molar refractivity (Wildman–Crippen MR) is 272 cm³/mol. The summed E-state index contributed by atoms with van der Waals surface area (Å²) in [5.74, 6) is -0.981. The van der Waals surface area contributed by atoms with Crippen molar-refractivity contribution in [2.24, 2.45) is 11.3 Å². The molecule has 390 valence electrons. The number of H-pyrrole nitrogens is 1. The maximum Gasteiger partial charge on any atom is 0.344 e. The fourth-order valence-electron chi connectivity index (χ4n) is 15.2. The minimum absolute atomic E-state index is 0.196. The van der Waals surface area contributed by atoms with Gasteiger partial charge in [0.05, 0.1) is 54.2 Å². The van der Waals surface area contributed by atoms with E-state index in [0.29, 0.717) is 110 Å². The number of nitrogens with one attached hydrogen (secondary N) is 2. The van der Waals surface area contributed by atoms with Gasteiger partial charge in [0.25, 0.3) is 5.91 Å². The van der Waals surface area contributed by atoms with Crippen LogP contribution in [0.4, 0.5) is 5.69 Å². The number of hydrogen-bond donors (Lipinski definition) is 3. The van der Waals surface area contributed by atoms with Crippen LogP contribution >= 0.6 is 0 Å². The zero-order valence-electron chi connectivity index (χ0n) is 43.6. The Morgan fingerprint density at radius 1 is 0.836 bits per heavy atom. The number of ether oxygens (including phenoxy) is 7. The number of aliphatic hydroxyl groups is 1. The minimum Gasteiger partial charge on any atom is -0.496 e. The fraction of sp³-hybridized carbons (Fsp3) is 0.536. The van der Waals surface area contributed by atoms with E-state index in [2.05, 4.69) is 39.2 Å². The molecule has 3 aromatic carbocycles. The van der Waals surface area contributed by atoms with Crippen LogP contribution in [-0.2, 0) is 45.8 Å². The van der Waals surface area contributed by atoms with Gasteiger partial charge < -0.3 is 58.4 Å². The SMILES string of the molecule is CC[C@]1(NC(=O)c2cc(OC)c(OC)c(OC)c2)C[C@H]2CN(CCc3c([nH]c4ccccc34)[C@@](C(=O)OC)(c3cc4c(cc3OC)N(C)[C@H]3[C@@](O)(C(=O)OC)[C@H](OC(C)=O)[C@]5(CC)C=CCN6CC[C@]43[C@@H]65)C2)C1. The van der Waals surface area contributed by atoms with Gasteiger partial charge in [0.1, 0.15) is 11.2 Å². The number of nitrogens with zero attached hydrogens (tertiary/aromatic N) is 3. The molecule has 1 aliphatic carbocycles. The lowest BCUT2D eigenvalue weighted by Crippen LogP contribution is -2.81. The molecule has 1 unspecified atom stereocenters. The van der Waals surface area contributed by atoms with Crippen molar-refractivity contribution in [1.82, 2.24) is 20.1 Å². The molecule has 1 saturated carbocycles.